The molecule has 5 nitrogen and oxygen atoms in total. The largest absolute Gasteiger partial charge is 0.484 e. The number of nitrogens with zero attached hydrogens (tertiary/aromatic N) is 1. The van der Waals surface area contributed by atoms with Crippen molar-refractivity contribution >= 4 is 46.6 Å². The van der Waals surface area contributed by atoms with Gasteiger partial charge in [-0.15, -0.1) is 0 Å². The first-order valence-corrected chi connectivity index (χ1v) is 10.9. The van der Waals surface area contributed by atoms with Gasteiger partial charge in [0.05, 0.1) is 10.0 Å². The number of amides is 2. The molecule has 0 saturated carbocycles. The molecule has 0 fully saturated rings. The number of hydrogen-bond donors (Lipinski definition) is 1. The Morgan fingerprint density at radius 1 is 1.07 bits per heavy atom. The maximum absolute atomic E-state index is 13.1. The van der Waals surface area contributed by atoms with Crippen molar-refractivity contribution < 1.29 is 14.3 Å². The summed E-state index contributed by atoms with van der Waals surface area (Å²) in [5.41, 5.74) is 0.766. The molecule has 2 aromatic rings. The summed E-state index contributed by atoms with van der Waals surface area (Å²) in [6, 6.07) is 11.3. The van der Waals surface area contributed by atoms with Gasteiger partial charge in [0.1, 0.15) is 11.8 Å². The van der Waals surface area contributed by atoms with E-state index in [1.165, 1.54) is 4.90 Å². The molecule has 0 aliphatic heterocycles. The second-order valence-corrected chi connectivity index (χ2v) is 7.98. The van der Waals surface area contributed by atoms with Crippen molar-refractivity contribution in [1.29, 1.82) is 0 Å². The van der Waals surface area contributed by atoms with Crippen LogP contribution in [0.4, 0.5) is 0 Å². The molecule has 2 aromatic carbocycles. The van der Waals surface area contributed by atoms with Crippen LogP contribution in [0.5, 0.6) is 5.75 Å². The molecule has 8 heteroatoms. The third kappa shape index (κ3) is 7.08. The molecular formula is C22H25Cl3N2O3. The van der Waals surface area contributed by atoms with E-state index in [0.717, 1.165) is 12.0 Å². The van der Waals surface area contributed by atoms with Gasteiger partial charge in [0.2, 0.25) is 5.91 Å². The average molecular weight is 472 g/mol. The standard InChI is InChI=1S/C22H25Cl3N2O3/c1-3-10-26-22(29)20(4-2)27(13-15-8-9-18(24)19(25)11-15)21(28)14-30-17-7-5-6-16(23)12-17/h5-9,11-12,20H,3-4,10,13-14H2,1-2H3,(H,26,29). The maximum atomic E-state index is 13.1. The Balaban J connectivity index is 2.22. The normalized spacial score (nSPS) is 11.6. The van der Waals surface area contributed by atoms with Crippen LogP contribution in [0.2, 0.25) is 15.1 Å². The fraction of sp³-hybridized carbons (Fsp3) is 0.364. The maximum Gasteiger partial charge on any atom is 0.261 e. The average Bonchev–Trinajstić information content (AvgIpc) is 2.73. The van der Waals surface area contributed by atoms with Gasteiger partial charge in [0.15, 0.2) is 6.61 Å². The van der Waals surface area contributed by atoms with Gasteiger partial charge in [-0.2, -0.15) is 0 Å². The number of hydrogen-bond acceptors (Lipinski definition) is 3. The van der Waals surface area contributed by atoms with Crippen LogP contribution in [0.25, 0.3) is 0 Å². The molecule has 0 radical (unpaired) electrons. The molecule has 162 valence electrons. The van der Waals surface area contributed by atoms with Gasteiger partial charge in [-0.05, 0) is 48.7 Å². The lowest BCUT2D eigenvalue weighted by molar-refractivity contribution is -0.143. The van der Waals surface area contributed by atoms with Crippen LogP contribution in [0.1, 0.15) is 32.3 Å². The molecule has 0 aromatic heterocycles. The first kappa shape index (κ1) is 24.3. The van der Waals surface area contributed by atoms with Gasteiger partial charge >= 0.3 is 0 Å². The molecule has 0 spiro atoms. The Labute approximate surface area is 192 Å². The smallest absolute Gasteiger partial charge is 0.261 e. The third-order valence-corrected chi connectivity index (χ3v) is 5.40. The Bertz CT molecular complexity index is 876. The molecule has 30 heavy (non-hydrogen) atoms. The summed E-state index contributed by atoms with van der Waals surface area (Å²) in [7, 11) is 0. The number of carbonyl (C=O) groups is 2. The SMILES string of the molecule is CCCNC(=O)C(CC)N(Cc1ccc(Cl)c(Cl)c1)C(=O)COc1cccc(Cl)c1. The van der Waals surface area contributed by atoms with Crippen LogP contribution in [-0.2, 0) is 16.1 Å². The van der Waals surface area contributed by atoms with Crippen LogP contribution in [0, 0.1) is 0 Å². The molecule has 0 aliphatic rings. The molecular weight excluding hydrogens is 447 g/mol. The zero-order chi connectivity index (χ0) is 22.1. The van der Waals surface area contributed by atoms with E-state index in [9.17, 15) is 9.59 Å². The van der Waals surface area contributed by atoms with E-state index >= 15 is 0 Å². The van der Waals surface area contributed by atoms with E-state index in [1.807, 2.05) is 13.8 Å². The molecule has 0 bridgehead atoms. The molecule has 1 atom stereocenters. The highest BCUT2D eigenvalue weighted by molar-refractivity contribution is 6.42. The third-order valence-electron chi connectivity index (χ3n) is 4.43. The van der Waals surface area contributed by atoms with Crippen LogP contribution in [-0.4, -0.2) is 35.9 Å². The van der Waals surface area contributed by atoms with Crippen molar-refractivity contribution in [2.24, 2.45) is 0 Å². The van der Waals surface area contributed by atoms with Gasteiger partial charge in [-0.1, -0.05) is 60.8 Å². The lowest BCUT2D eigenvalue weighted by Gasteiger charge is -2.30. The molecule has 2 rings (SSSR count). The van der Waals surface area contributed by atoms with Gasteiger partial charge in [0, 0.05) is 18.1 Å². The van der Waals surface area contributed by atoms with E-state index in [-0.39, 0.29) is 25.0 Å². The fourth-order valence-corrected chi connectivity index (χ4v) is 3.41. The summed E-state index contributed by atoms with van der Waals surface area (Å²) < 4.78 is 5.61. The van der Waals surface area contributed by atoms with E-state index in [0.29, 0.717) is 33.8 Å². The number of nitrogens with one attached hydrogen (secondary N) is 1. The quantitative estimate of drug-likeness (QED) is 0.507. The van der Waals surface area contributed by atoms with Gasteiger partial charge in [-0.25, -0.2) is 0 Å². The minimum absolute atomic E-state index is 0.199. The first-order chi connectivity index (χ1) is 14.3. The molecule has 0 heterocycles. The van der Waals surface area contributed by atoms with Crippen molar-refractivity contribution in [3.8, 4) is 5.75 Å². The molecule has 2 amide bonds. The Morgan fingerprint density at radius 2 is 1.83 bits per heavy atom. The molecule has 0 aliphatic carbocycles. The van der Waals surface area contributed by atoms with Crippen molar-refractivity contribution in [1.82, 2.24) is 10.2 Å². The Hall–Kier alpha value is -1.95. The van der Waals surface area contributed by atoms with Crippen LogP contribution in [0.3, 0.4) is 0 Å². The van der Waals surface area contributed by atoms with Crippen LogP contribution >= 0.6 is 34.8 Å². The topological polar surface area (TPSA) is 58.6 Å². The number of rotatable bonds is 10. The lowest BCUT2D eigenvalue weighted by atomic mass is 10.1. The van der Waals surface area contributed by atoms with E-state index < -0.39 is 6.04 Å². The molecule has 1 unspecified atom stereocenters. The highest BCUT2D eigenvalue weighted by atomic mass is 35.5. The van der Waals surface area contributed by atoms with Crippen molar-refractivity contribution in [3.05, 3.63) is 63.1 Å². The monoisotopic (exact) mass is 470 g/mol. The second kappa shape index (κ2) is 12.0. The predicted octanol–water partition coefficient (Wildman–Crippen LogP) is 5.36. The number of benzene rings is 2. The predicted molar refractivity (Wildman–Crippen MR) is 121 cm³/mol. The molecule has 0 saturated heterocycles. The zero-order valence-electron chi connectivity index (χ0n) is 17.0. The summed E-state index contributed by atoms with van der Waals surface area (Å²) in [5, 5.41) is 4.20. The highest BCUT2D eigenvalue weighted by Crippen LogP contribution is 2.24. The Morgan fingerprint density at radius 3 is 2.47 bits per heavy atom. The van der Waals surface area contributed by atoms with Crippen molar-refractivity contribution in [2.45, 2.75) is 39.3 Å². The number of halogens is 3. The summed E-state index contributed by atoms with van der Waals surface area (Å²) >= 11 is 18.1. The fourth-order valence-electron chi connectivity index (χ4n) is 2.90. The molecule has 1 N–H and O–H groups in total. The number of ether oxygens (including phenoxy) is 1. The summed E-state index contributed by atoms with van der Waals surface area (Å²) in [6.07, 6.45) is 1.26. The van der Waals surface area contributed by atoms with Gasteiger partial charge in [-0.3, -0.25) is 9.59 Å². The summed E-state index contributed by atoms with van der Waals surface area (Å²) in [4.78, 5) is 27.3. The minimum atomic E-state index is -0.638. The first-order valence-electron chi connectivity index (χ1n) is 9.75. The lowest BCUT2D eigenvalue weighted by Crippen LogP contribution is -2.50. The van der Waals surface area contributed by atoms with Crippen LogP contribution < -0.4 is 10.1 Å². The summed E-state index contributed by atoms with van der Waals surface area (Å²) in [6.45, 7) is 4.36. The van der Waals surface area contributed by atoms with Crippen molar-refractivity contribution in [2.75, 3.05) is 13.2 Å². The Kier molecular flexibility index (Phi) is 9.76. The van der Waals surface area contributed by atoms with Crippen LogP contribution in [0.15, 0.2) is 42.5 Å². The van der Waals surface area contributed by atoms with Gasteiger partial charge in [0.25, 0.3) is 5.91 Å². The van der Waals surface area contributed by atoms with E-state index in [1.54, 1.807) is 42.5 Å². The van der Waals surface area contributed by atoms with E-state index in [4.69, 9.17) is 39.5 Å². The summed E-state index contributed by atoms with van der Waals surface area (Å²) in [5.74, 6) is -0.0381. The zero-order valence-corrected chi connectivity index (χ0v) is 19.2. The second-order valence-electron chi connectivity index (χ2n) is 6.73. The minimum Gasteiger partial charge on any atom is -0.484 e. The van der Waals surface area contributed by atoms with E-state index in [2.05, 4.69) is 5.32 Å². The highest BCUT2D eigenvalue weighted by Gasteiger charge is 2.28. The van der Waals surface area contributed by atoms with Gasteiger partial charge < -0.3 is 15.0 Å². The van der Waals surface area contributed by atoms with Crippen molar-refractivity contribution in [3.63, 3.8) is 0 Å². The number of carbonyl (C=O) groups excluding carboxylic acids is 2.